The number of likely N-dealkylation sites (tertiary alicyclic amines) is 1. The smallest absolute Gasteiger partial charge is 0.257 e. The number of sulfone groups is 1. The van der Waals surface area contributed by atoms with E-state index in [0.717, 1.165) is 0 Å². The summed E-state index contributed by atoms with van der Waals surface area (Å²) in [5, 5.41) is 7.15. The van der Waals surface area contributed by atoms with Gasteiger partial charge in [0.05, 0.1) is 17.9 Å². The molecule has 1 aromatic carbocycles. The third-order valence-corrected chi connectivity index (χ3v) is 6.95. The highest BCUT2D eigenvalue weighted by Crippen LogP contribution is 2.27. The molecule has 0 bridgehead atoms. The molecule has 0 unspecified atom stereocenters. The molecule has 8 nitrogen and oxygen atoms in total. The molecule has 0 radical (unpaired) electrons. The zero-order chi connectivity index (χ0) is 18.9. The van der Waals surface area contributed by atoms with Crippen molar-refractivity contribution in [3.05, 3.63) is 35.1 Å². The van der Waals surface area contributed by atoms with Crippen molar-refractivity contribution in [3.8, 4) is 5.75 Å². The summed E-state index contributed by atoms with van der Waals surface area (Å²) in [6.45, 7) is 0.659. The van der Waals surface area contributed by atoms with E-state index >= 15 is 0 Å². The van der Waals surface area contributed by atoms with Gasteiger partial charge in [-0.3, -0.25) is 4.79 Å². The standard InChI is InChI=1S/C16H19ClN4O4S/c1-20-10-18-19-16(20)26(23,24)12-5-7-21(8-6-12)15(22)13-9-11(17)3-4-14(13)25-2/h3-4,9-10,12H,5-8H2,1-2H3. The number of nitrogens with zero attached hydrogens (tertiary/aromatic N) is 4. The SMILES string of the molecule is COc1ccc(Cl)cc1C(=O)N1CCC(S(=O)(=O)c2nncn2C)CC1. The summed E-state index contributed by atoms with van der Waals surface area (Å²) in [7, 11) is -0.497. The quantitative estimate of drug-likeness (QED) is 0.775. The number of hydrogen-bond acceptors (Lipinski definition) is 6. The summed E-state index contributed by atoms with van der Waals surface area (Å²) in [5.41, 5.74) is 0.370. The molecule has 140 valence electrons. The topological polar surface area (TPSA) is 94.4 Å². The third-order valence-electron chi connectivity index (χ3n) is 4.48. The third kappa shape index (κ3) is 3.41. The monoisotopic (exact) mass is 398 g/mol. The second kappa shape index (κ2) is 7.24. The zero-order valence-electron chi connectivity index (χ0n) is 14.4. The molecule has 2 heterocycles. The van der Waals surface area contributed by atoms with Crippen LogP contribution in [0.3, 0.4) is 0 Å². The Morgan fingerprint density at radius 3 is 2.58 bits per heavy atom. The van der Waals surface area contributed by atoms with Gasteiger partial charge in [0.2, 0.25) is 15.0 Å². The molecule has 0 spiro atoms. The van der Waals surface area contributed by atoms with Crippen LogP contribution in [0.25, 0.3) is 0 Å². The van der Waals surface area contributed by atoms with E-state index in [1.807, 2.05) is 0 Å². The number of aryl methyl sites for hydroxylation is 1. The first-order valence-electron chi connectivity index (χ1n) is 8.05. The Labute approximate surface area is 156 Å². The summed E-state index contributed by atoms with van der Waals surface area (Å²) < 4.78 is 32.0. The Kier molecular flexibility index (Phi) is 5.19. The van der Waals surface area contributed by atoms with Crippen LogP contribution >= 0.6 is 11.6 Å². The summed E-state index contributed by atoms with van der Waals surface area (Å²) in [5.74, 6) is 0.215. The number of amides is 1. The van der Waals surface area contributed by atoms with Gasteiger partial charge < -0.3 is 14.2 Å². The minimum atomic E-state index is -3.58. The lowest BCUT2D eigenvalue weighted by molar-refractivity contribution is 0.0722. The van der Waals surface area contributed by atoms with Gasteiger partial charge in [-0.05, 0) is 31.0 Å². The number of carbonyl (C=O) groups is 1. The normalized spacial score (nSPS) is 15.9. The van der Waals surface area contributed by atoms with Crippen LogP contribution in [0.5, 0.6) is 5.75 Å². The van der Waals surface area contributed by atoms with Crippen LogP contribution < -0.4 is 4.74 Å². The van der Waals surface area contributed by atoms with Gasteiger partial charge in [0.15, 0.2) is 0 Å². The van der Waals surface area contributed by atoms with Gasteiger partial charge in [0.25, 0.3) is 5.91 Å². The molecule has 0 N–H and O–H groups in total. The minimum absolute atomic E-state index is 0.0428. The molecule has 1 fully saturated rings. The van der Waals surface area contributed by atoms with Gasteiger partial charge in [0.1, 0.15) is 12.1 Å². The van der Waals surface area contributed by atoms with Crippen LogP contribution in [0, 0.1) is 0 Å². The van der Waals surface area contributed by atoms with Crippen molar-refractivity contribution in [1.82, 2.24) is 19.7 Å². The summed E-state index contributed by atoms with van der Waals surface area (Å²) in [4.78, 5) is 14.4. The lowest BCUT2D eigenvalue weighted by Gasteiger charge is -2.31. The fourth-order valence-electron chi connectivity index (χ4n) is 3.07. The van der Waals surface area contributed by atoms with E-state index in [9.17, 15) is 13.2 Å². The highest BCUT2D eigenvalue weighted by Gasteiger charge is 2.36. The molecule has 1 aliphatic heterocycles. The van der Waals surface area contributed by atoms with E-state index in [-0.39, 0.29) is 11.1 Å². The van der Waals surface area contributed by atoms with E-state index in [0.29, 0.717) is 42.3 Å². The molecule has 1 aliphatic rings. The van der Waals surface area contributed by atoms with Crippen molar-refractivity contribution in [2.45, 2.75) is 23.2 Å². The van der Waals surface area contributed by atoms with Crippen LogP contribution in [-0.2, 0) is 16.9 Å². The number of carbonyl (C=O) groups excluding carboxylic acids is 1. The van der Waals surface area contributed by atoms with Gasteiger partial charge >= 0.3 is 0 Å². The highest BCUT2D eigenvalue weighted by molar-refractivity contribution is 7.91. The maximum Gasteiger partial charge on any atom is 0.257 e. The predicted molar refractivity (Wildman–Crippen MR) is 95.1 cm³/mol. The molecule has 26 heavy (non-hydrogen) atoms. The lowest BCUT2D eigenvalue weighted by Crippen LogP contribution is -2.43. The number of rotatable bonds is 4. The second-order valence-corrected chi connectivity index (χ2v) is 8.66. The van der Waals surface area contributed by atoms with Gasteiger partial charge in [-0.1, -0.05) is 11.6 Å². The van der Waals surface area contributed by atoms with Crippen molar-refractivity contribution < 1.29 is 17.9 Å². The minimum Gasteiger partial charge on any atom is -0.496 e. The van der Waals surface area contributed by atoms with Crippen molar-refractivity contribution >= 4 is 27.3 Å². The molecule has 3 rings (SSSR count). The number of aromatic nitrogens is 3. The van der Waals surface area contributed by atoms with E-state index in [1.165, 1.54) is 18.0 Å². The maximum absolute atomic E-state index is 12.8. The summed E-state index contributed by atoms with van der Waals surface area (Å²) in [6, 6.07) is 4.85. The van der Waals surface area contributed by atoms with Crippen LogP contribution in [0.1, 0.15) is 23.2 Å². The highest BCUT2D eigenvalue weighted by atomic mass is 35.5. The molecule has 1 saturated heterocycles. The van der Waals surface area contributed by atoms with Gasteiger partial charge in [-0.2, -0.15) is 0 Å². The molecule has 0 atom stereocenters. The summed E-state index contributed by atoms with van der Waals surface area (Å²) in [6.07, 6.45) is 2.03. The van der Waals surface area contributed by atoms with E-state index in [1.54, 1.807) is 30.1 Å². The summed E-state index contributed by atoms with van der Waals surface area (Å²) >= 11 is 5.99. The van der Waals surface area contributed by atoms with Crippen molar-refractivity contribution in [2.75, 3.05) is 20.2 Å². The Hall–Kier alpha value is -2.13. The van der Waals surface area contributed by atoms with Gasteiger partial charge in [-0.25, -0.2) is 8.42 Å². The number of hydrogen-bond donors (Lipinski definition) is 0. The van der Waals surface area contributed by atoms with Crippen LogP contribution in [-0.4, -0.2) is 59.4 Å². The first-order chi connectivity index (χ1) is 12.3. The first kappa shape index (κ1) is 18.7. The molecule has 1 aromatic heterocycles. The lowest BCUT2D eigenvalue weighted by atomic mass is 10.1. The molecule has 10 heteroatoms. The van der Waals surface area contributed by atoms with Crippen LogP contribution in [0.2, 0.25) is 5.02 Å². The van der Waals surface area contributed by atoms with E-state index < -0.39 is 15.1 Å². The number of benzene rings is 1. The van der Waals surface area contributed by atoms with Crippen molar-refractivity contribution in [1.29, 1.82) is 0 Å². The molecule has 0 aliphatic carbocycles. The number of piperidine rings is 1. The fourth-order valence-corrected chi connectivity index (χ4v) is 4.98. The predicted octanol–water partition coefficient (Wildman–Crippen LogP) is 1.56. The molecule has 1 amide bonds. The molecular weight excluding hydrogens is 380 g/mol. The fraction of sp³-hybridized carbons (Fsp3) is 0.438. The van der Waals surface area contributed by atoms with Crippen LogP contribution in [0.4, 0.5) is 0 Å². The van der Waals surface area contributed by atoms with E-state index in [2.05, 4.69) is 10.2 Å². The first-order valence-corrected chi connectivity index (χ1v) is 9.97. The van der Waals surface area contributed by atoms with Gasteiger partial charge in [0, 0.05) is 25.2 Å². The van der Waals surface area contributed by atoms with Crippen molar-refractivity contribution in [3.63, 3.8) is 0 Å². The van der Waals surface area contributed by atoms with Gasteiger partial charge in [-0.15, -0.1) is 10.2 Å². The van der Waals surface area contributed by atoms with E-state index in [4.69, 9.17) is 16.3 Å². The number of halogens is 1. The average molecular weight is 399 g/mol. The average Bonchev–Trinajstić information content (AvgIpc) is 3.08. The van der Waals surface area contributed by atoms with Crippen LogP contribution in [0.15, 0.2) is 29.7 Å². The Balaban J connectivity index is 1.74. The molecular formula is C16H19ClN4O4S. The Bertz CT molecular complexity index is 920. The Morgan fingerprint density at radius 2 is 2.00 bits per heavy atom. The molecule has 0 saturated carbocycles. The number of ether oxygens (including phenoxy) is 1. The largest absolute Gasteiger partial charge is 0.496 e. The molecule has 2 aromatic rings. The van der Waals surface area contributed by atoms with Crippen molar-refractivity contribution in [2.24, 2.45) is 7.05 Å². The Morgan fingerprint density at radius 1 is 1.31 bits per heavy atom. The maximum atomic E-state index is 12.8. The number of methoxy groups -OCH3 is 1. The second-order valence-electron chi connectivity index (χ2n) is 6.11. The zero-order valence-corrected chi connectivity index (χ0v) is 16.0.